The number of piperidine rings is 2. The summed E-state index contributed by atoms with van der Waals surface area (Å²) in [5.74, 6) is 0.979. The lowest BCUT2D eigenvalue weighted by Gasteiger charge is -2.57. The molecule has 25 heavy (non-hydrogen) atoms. The number of sulfone groups is 1. The Balaban J connectivity index is 1.86. The highest BCUT2D eigenvalue weighted by Crippen LogP contribution is 2.48. The summed E-state index contributed by atoms with van der Waals surface area (Å²) in [4.78, 5) is 2.91. The molecule has 2 saturated heterocycles. The third-order valence-corrected chi connectivity index (χ3v) is 8.02. The second-order valence-corrected chi connectivity index (χ2v) is 9.72. The number of hydrogen-bond donors (Lipinski definition) is 1. The summed E-state index contributed by atoms with van der Waals surface area (Å²) in [6, 6.07) is 7.17. The van der Waals surface area contributed by atoms with Crippen LogP contribution in [0, 0.1) is 5.92 Å². The topological polar surface area (TPSA) is 63.4 Å². The minimum atomic E-state index is -3.17. The maximum atomic E-state index is 12.2. The highest BCUT2D eigenvalue weighted by molar-refractivity contribution is 7.91. The SMILES string of the molecule is C=CCN1CC2CCC1(C(N)c1ccc(S(=O)(=O)CCC)cc1)CC2. The molecule has 1 aliphatic carbocycles. The van der Waals surface area contributed by atoms with Gasteiger partial charge in [-0.2, -0.15) is 0 Å². The summed E-state index contributed by atoms with van der Waals surface area (Å²) in [5.41, 5.74) is 7.76. The maximum Gasteiger partial charge on any atom is 0.178 e. The van der Waals surface area contributed by atoms with E-state index in [-0.39, 0.29) is 17.3 Å². The van der Waals surface area contributed by atoms with Gasteiger partial charge in [-0.3, -0.25) is 4.90 Å². The van der Waals surface area contributed by atoms with Crippen molar-refractivity contribution in [1.29, 1.82) is 0 Å². The quantitative estimate of drug-likeness (QED) is 0.756. The van der Waals surface area contributed by atoms with Gasteiger partial charge in [0.2, 0.25) is 0 Å². The molecule has 0 spiro atoms. The highest BCUT2D eigenvalue weighted by atomic mass is 32.2. The first-order valence-corrected chi connectivity index (χ1v) is 11.0. The van der Waals surface area contributed by atoms with E-state index in [0.717, 1.165) is 37.4 Å². The zero-order chi connectivity index (χ0) is 18.1. The smallest absolute Gasteiger partial charge is 0.178 e. The van der Waals surface area contributed by atoms with Crippen molar-refractivity contribution in [3.63, 3.8) is 0 Å². The van der Waals surface area contributed by atoms with Crippen molar-refractivity contribution < 1.29 is 8.42 Å². The molecule has 0 amide bonds. The largest absolute Gasteiger partial charge is 0.322 e. The van der Waals surface area contributed by atoms with E-state index in [4.69, 9.17) is 5.73 Å². The zero-order valence-corrected chi connectivity index (χ0v) is 16.0. The summed E-state index contributed by atoms with van der Waals surface area (Å²) >= 11 is 0. The number of benzene rings is 1. The predicted octanol–water partition coefficient (Wildman–Crippen LogP) is 3.30. The molecule has 5 heteroatoms. The molecule has 2 bridgehead atoms. The lowest BCUT2D eigenvalue weighted by molar-refractivity contribution is -0.0440. The normalized spacial score (nSPS) is 28.0. The van der Waals surface area contributed by atoms with E-state index in [0.29, 0.717) is 11.3 Å². The molecular weight excluding hydrogens is 332 g/mol. The molecule has 0 radical (unpaired) electrons. The maximum absolute atomic E-state index is 12.2. The lowest BCUT2D eigenvalue weighted by Crippen LogP contribution is -2.62. The second-order valence-electron chi connectivity index (χ2n) is 7.61. The second kappa shape index (κ2) is 7.22. The van der Waals surface area contributed by atoms with E-state index < -0.39 is 9.84 Å². The van der Waals surface area contributed by atoms with Crippen LogP contribution in [-0.2, 0) is 9.84 Å². The fraction of sp³-hybridized carbons (Fsp3) is 0.600. The van der Waals surface area contributed by atoms with E-state index in [2.05, 4.69) is 11.5 Å². The zero-order valence-electron chi connectivity index (χ0n) is 15.2. The van der Waals surface area contributed by atoms with Crippen molar-refractivity contribution in [1.82, 2.24) is 4.90 Å². The number of rotatable bonds is 7. The van der Waals surface area contributed by atoms with Gasteiger partial charge in [0.25, 0.3) is 0 Å². The van der Waals surface area contributed by atoms with E-state index >= 15 is 0 Å². The van der Waals surface area contributed by atoms with Crippen molar-refractivity contribution in [3.8, 4) is 0 Å². The molecule has 3 aliphatic rings. The van der Waals surface area contributed by atoms with Crippen LogP contribution in [0.25, 0.3) is 0 Å². The highest BCUT2D eigenvalue weighted by Gasteiger charge is 2.49. The molecule has 138 valence electrons. The van der Waals surface area contributed by atoms with Gasteiger partial charge in [-0.15, -0.1) is 6.58 Å². The molecule has 1 saturated carbocycles. The van der Waals surface area contributed by atoms with Crippen LogP contribution in [-0.4, -0.2) is 37.7 Å². The first-order valence-electron chi connectivity index (χ1n) is 9.37. The van der Waals surface area contributed by atoms with E-state index in [1.54, 1.807) is 12.1 Å². The number of hydrogen-bond acceptors (Lipinski definition) is 4. The van der Waals surface area contributed by atoms with Crippen molar-refractivity contribution in [3.05, 3.63) is 42.5 Å². The number of nitrogens with zero attached hydrogens (tertiary/aromatic N) is 1. The van der Waals surface area contributed by atoms with Gasteiger partial charge in [0, 0.05) is 24.7 Å². The summed E-state index contributed by atoms with van der Waals surface area (Å²) in [5, 5.41) is 0. The minimum Gasteiger partial charge on any atom is -0.322 e. The first kappa shape index (κ1) is 18.6. The molecule has 2 aliphatic heterocycles. The van der Waals surface area contributed by atoms with Crippen molar-refractivity contribution >= 4 is 9.84 Å². The number of nitrogens with two attached hydrogens (primary N) is 1. The van der Waals surface area contributed by atoms with Gasteiger partial charge in [-0.1, -0.05) is 25.1 Å². The average Bonchev–Trinajstić information content (AvgIpc) is 2.62. The molecule has 2 heterocycles. The van der Waals surface area contributed by atoms with Gasteiger partial charge in [0.1, 0.15) is 0 Å². The fourth-order valence-corrected chi connectivity index (χ4v) is 5.99. The molecule has 0 aromatic heterocycles. The van der Waals surface area contributed by atoms with Crippen LogP contribution in [0.4, 0.5) is 0 Å². The summed E-state index contributed by atoms with van der Waals surface area (Å²) < 4.78 is 24.5. The Kier molecular flexibility index (Phi) is 5.37. The van der Waals surface area contributed by atoms with Crippen LogP contribution in [0.5, 0.6) is 0 Å². The summed E-state index contributed by atoms with van der Waals surface area (Å²) in [7, 11) is -3.17. The first-order chi connectivity index (χ1) is 11.9. The van der Waals surface area contributed by atoms with Gasteiger partial charge in [0.15, 0.2) is 9.84 Å². The monoisotopic (exact) mass is 362 g/mol. The van der Waals surface area contributed by atoms with Crippen LogP contribution in [0.2, 0.25) is 0 Å². The van der Waals surface area contributed by atoms with Crippen molar-refractivity contribution in [2.45, 2.75) is 55.5 Å². The minimum absolute atomic E-state index is 0.0211. The Morgan fingerprint density at radius 1 is 1.32 bits per heavy atom. The molecule has 2 N–H and O–H groups in total. The van der Waals surface area contributed by atoms with Crippen LogP contribution in [0.15, 0.2) is 41.8 Å². The van der Waals surface area contributed by atoms with Gasteiger partial charge >= 0.3 is 0 Å². The molecule has 1 atom stereocenters. The predicted molar refractivity (Wildman–Crippen MR) is 102 cm³/mol. The van der Waals surface area contributed by atoms with E-state index in [1.807, 2.05) is 25.1 Å². The van der Waals surface area contributed by atoms with E-state index in [1.165, 1.54) is 12.8 Å². The van der Waals surface area contributed by atoms with Gasteiger partial charge in [-0.05, 0) is 55.7 Å². The third-order valence-electron chi connectivity index (χ3n) is 6.08. The fourth-order valence-electron chi connectivity index (χ4n) is 4.67. The van der Waals surface area contributed by atoms with Crippen molar-refractivity contribution in [2.75, 3.05) is 18.8 Å². The summed E-state index contributed by atoms with van der Waals surface area (Å²) in [6.45, 7) is 7.76. The van der Waals surface area contributed by atoms with E-state index in [9.17, 15) is 8.42 Å². The Morgan fingerprint density at radius 2 is 1.96 bits per heavy atom. The standard InChI is InChI=1S/C20H30N2O2S/c1-3-13-22-15-16-9-11-20(22,12-10-16)19(21)17-5-7-18(8-6-17)25(23,24)14-4-2/h3,5-8,16,19H,1,4,9-15,21H2,2H3. The molecule has 3 fully saturated rings. The van der Waals surface area contributed by atoms with Gasteiger partial charge in [-0.25, -0.2) is 8.42 Å². The molecule has 1 unspecified atom stereocenters. The van der Waals surface area contributed by atoms with Crippen LogP contribution in [0.3, 0.4) is 0 Å². The van der Waals surface area contributed by atoms with Crippen LogP contribution in [0.1, 0.15) is 50.6 Å². The molecule has 4 nitrogen and oxygen atoms in total. The Labute approximate surface area is 152 Å². The molecule has 1 aromatic carbocycles. The van der Waals surface area contributed by atoms with Crippen LogP contribution >= 0.6 is 0 Å². The lowest BCUT2D eigenvalue weighted by atomic mass is 9.66. The van der Waals surface area contributed by atoms with Gasteiger partial charge in [0.05, 0.1) is 10.6 Å². The summed E-state index contributed by atoms with van der Waals surface area (Å²) in [6.07, 6.45) is 7.31. The Bertz CT molecular complexity index is 704. The molecule has 1 aromatic rings. The Morgan fingerprint density at radius 3 is 2.52 bits per heavy atom. The van der Waals surface area contributed by atoms with Crippen LogP contribution < -0.4 is 5.73 Å². The third kappa shape index (κ3) is 3.42. The number of fused-ring (bicyclic) bond motifs is 3. The van der Waals surface area contributed by atoms with Crippen molar-refractivity contribution in [2.24, 2.45) is 11.7 Å². The van der Waals surface area contributed by atoms with Gasteiger partial charge < -0.3 is 5.73 Å². The molecule has 4 rings (SSSR count). The Hall–Kier alpha value is -1.17. The molecular formula is C20H30N2O2S. The average molecular weight is 363 g/mol.